The minimum Gasteiger partial charge on any atom is -0.396 e. The predicted molar refractivity (Wildman–Crippen MR) is 101 cm³/mol. The molecule has 0 fully saturated rings. The molecule has 0 rings (SSSR count). The number of hydrogen-bond acceptors (Lipinski definition) is 2. The molecule has 1 unspecified atom stereocenters. The van der Waals surface area contributed by atoms with Gasteiger partial charge < -0.3 is 4.43 Å². The maximum Gasteiger partial charge on any atom is 0.460 e. The van der Waals surface area contributed by atoms with E-state index >= 15 is 0 Å². The lowest BCUT2D eigenvalue weighted by atomic mass is 9.90. The fraction of sp³-hybridized carbons (Fsp3) is 1.00. The Kier molecular flexibility index (Phi) is 9.43. The van der Waals surface area contributed by atoms with Crippen LogP contribution in [0.2, 0.25) is 18.1 Å². The van der Waals surface area contributed by atoms with E-state index in [-0.39, 0.29) is 11.3 Å². The SMILES string of the molecule is CCCC(C)(C)[Si](C)(C)OC(N(C)C)C(F)(F)C(F)(F)C(F)(F)C(F)(F)C(F)(F)C(F)(F)C(F)(F)F. The van der Waals surface area contributed by atoms with E-state index in [0.29, 0.717) is 20.5 Å². The standard InChI is InChI=1S/C18H26F15NOSi/c1-8-9-11(2,3)36(6,7)35-10(34(4)5)12(19,20)13(21,22)14(23,24)15(25,26)16(27,28)17(29,30)18(31,32)33/h10H,8-9H2,1-7H3. The molecule has 0 spiro atoms. The van der Waals surface area contributed by atoms with Crippen LogP contribution in [0.3, 0.4) is 0 Å². The Balaban J connectivity index is 6.85. The third-order valence-electron chi connectivity index (χ3n) is 6.04. The molecule has 0 radical (unpaired) electrons. The van der Waals surface area contributed by atoms with Gasteiger partial charge in [-0.05, 0) is 38.6 Å². The Bertz CT molecular complexity index is 762. The predicted octanol–water partition coefficient (Wildman–Crippen LogP) is 8.05. The van der Waals surface area contributed by atoms with Crippen LogP contribution in [-0.2, 0) is 4.43 Å². The summed E-state index contributed by atoms with van der Waals surface area (Å²) in [6.45, 7) is 6.87. The van der Waals surface area contributed by atoms with Gasteiger partial charge in [0, 0.05) is 0 Å². The summed E-state index contributed by atoms with van der Waals surface area (Å²) in [5.41, 5.74) is 0. The summed E-state index contributed by atoms with van der Waals surface area (Å²) in [5, 5.41) is -1.03. The lowest BCUT2D eigenvalue weighted by molar-refractivity contribution is -0.457. The van der Waals surface area contributed by atoms with E-state index in [1.54, 1.807) is 6.92 Å². The highest BCUT2D eigenvalue weighted by Gasteiger charge is 2.94. The second-order valence-corrected chi connectivity index (χ2v) is 14.2. The van der Waals surface area contributed by atoms with Crippen molar-refractivity contribution in [2.45, 2.75) is 99.7 Å². The molecular weight excluding hydrogens is 559 g/mol. The van der Waals surface area contributed by atoms with E-state index in [4.69, 9.17) is 4.43 Å². The summed E-state index contributed by atoms with van der Waals surface area (Å²) >= 11 is 0. The van der Waals surface area contributed by atoms with Crippen molar-refractivity contribution in [1.82, 2.24) is 4.90 Å². The van der Waals surface area contributed by atoms with Crippen LogP contribution in [0.25, 0.3) is 0 Å². The van der Waals surface area contributed by atoms with Gasteiger partial charge in [-0.2, -0.15) is 65.9 Å². The van der Waals surface area contributed by atoms with Crippen LogP contribution < -0.4 is 0 Å². The van der Waals surface area contributed by atoms with E-state index in [9.17, 15) is 65.9 Å². The number of nitrogens with zero attached hydrogens (tertiary/aromatic N) is 1. The second kappa shape index (κ2) is 9.68. The van der Waals surface area contributed by atoms with Crippen LogP contribution in [0.4, 0.5) is 65.9 Å². The zero-order valence-corrected chi connectivity index (χ0v) is 21.0. The van der Waals surface area contributed by atoms with Crippen LogP contribution in [0, 0.1) is 0 Å². The van der Waals surface area contributed by atoms with Crippen molar-refractivity contribution in [3.63, 3.8) is 0 Å². The van der Waals surface area contributed by atoms with Gasteiger partial charge in [-0.1, -0.05) is 27.2 Å². The molecule has 0 aromatic carbocycles. The largest absolute Gasteiger partial charge is 0.460 e. The molecule has 2 nitrogen and oxygen atoms in total. The molecule has 0 saturated heterocycles. The van der Waals surface area contributed by atoms with Crippen molar-refractivity contribution in [2.24, 2.45) is 0 Å². The Morgan fingerprint density at radius 2 is 0.972 bits per heavy atom. The van der Waals surface area contributed by atoms with Gasteiger partial charge in [-0.15, -0.1) is 0 Å². The Hall–Kier alpha value is -0.913. The first-order valence-corrected chi connectivity index (χ1v) is 12.9. The minimum atomic E-state index is -8.32. The third kappa shape index (κ3) is 5.18. The molecule has 0 aliphatic heterocycles. The lowest BCUT2D eigenvalue weighted by Gasteiger charge is -2.47. The van der Waals surface area contributed by atoms with Crippen LogP contribution in [0.15, 0.2) is 0 Å². The molecule has 1 atom stereocenters. The van der Waals surface area contributed by atoms with Crippen LogP contribution in [-0.4, -0.2) is 75.3 Å². The van der Waals surface area contributed by atoms with E-state index in [0.717, 1.165) is 0 Å². The number of hydrogen-bond donors (Lipinski definition) is 0. The smallest absolute Gasteiger partial charge is 0.396 e. The lowest BCUT2D eigenvalue weighted by Crippen LogP contribution is -2.75. The fourth-order valence-electron chi connectivity index (χ4n) is 3.00. The molecule has 0 N–H and O–H groups in total. The zero-order chi connectivity index (χ0) is 29.8. The first kappa shape index (κ1) is 35.1. The molecule has 0 heterocycles. The second-order valence-electron chi connectivity index (χ2n) is 9.57. The summed E-state index contributed by atoms with van der Waals surface area (Å²) in [6.07, 6.45) is -10.5. The van der Waals surface area contributed by atoms with Crippen molar-refractivity contribution in [3.8, 4) is 0 Å². The highest BCUT2D eigenvalue weighted by molar-refractivity contribution is 6.74. The molecule has 18 heteroatoms. The number of alkyl halides is 15. The summed E-state index contributed by atoms with van der Waals surface area (Å²) in [7, 11) is -2.57. The monoisotopic (exact) mass is 585 g/mol. The summed E-state index contributed by atoms with van der Waals surface area (Å²) in [4.78, 5) is 0.0291. The van der Waals surface area contributed by atoms with Gasteiger partial charge >= 0.3 is 41.7 Å². The normalized spacial score (nSPS) is 17.1. The Morgan fingerprint density at radius 3 is 1.28 bits per heavy atom. The van der Waals surface area contributed by atoms with Gasteiger partial charge in [0.15, 0.2) is 14.5 Å². The first-order valence-electron chi connectivity index (χ1n) is 10.0. The van der Waals surface area contributed by atoms with Gasteiger partial charge in [0.1, 0.15) is 0 Å². The van der Waals surface area contributed by atoms with Gasteiger partial charge in [-0.25, -0.2) is 0 Å². The highest BCUT2D eigenvalue weighted by Crippen LogP contribution is 2.63. The fourth-order valence-corrected chi connectivity index (χ4v) is 5.09. The van der Waals surface area contributed by atoms with Gasteiger partial charge in [0.05, 0.1) is 0 Å². The van der Waals surface area contributed by atoms with E-state index in [1.807, 2.05) is 0 Å². The molecule has 0 saturated carbocycles. The molecule has 0 amide bonds. The van der Waals surface area contributed by atoms with E-state index in [1.165, 1.54) is 26.9 Å². The molecule has 0 aliphatic rings. The summed E-state index contributed by atoms with van der Waals surface area (Å²) in [6, 6.07) is 0. The van der Waals surface area contributed by atoms with Gasteiger partial charge in [-0.3, -0.25) is 4.90 Å². The average Bonchev–Trinajstić information content (AvgIpc) is 2.63. The average molecular weight is 585 g/mol. The molecule has 0 bridgehead atoms. The van der Waals surface area contributed by atoms with Crippen LogP contribution in [0.1, 0.15) is 33.6 Å². The highest BCUT2D eigenvalue weighted by atomic mass is 28.4. The van der Waals surface area contributed by atoms with Crippen molar-refractivity contribution in [1.29, 1.82) is 0 Å². The summed E-state index contributed by atoms with van der Waals surface area (Å²) in [5.74, 6) is -46.9. The Labute approximate surface area is 198 Å². The Morgan fingerprint density at radius 1 is 0.639 bits per heavy atom. The maximum atomic E-state index is 14.8. The van der Waals surface area contributed by atoms with Crippen molar-refractivity contribution < 1.29 is 70.3 Å². The van der Waals surface area contributed by atoms with E-state index in [2.05, 4.69) is 0 Å². The molecule has 0 aromatic rings. The minimum absolute atomic E-state index is 0.0291. The van der Waals surface area contributed by atoms with Crippen molar-refractivity contribution >= 4 is 8.32 Å². The number of rotatable bonds is 12. The number of halogens is 15. The maximum absolute atomic E-state index is 14.8. The molecular formula is C18H26F15NOSi. The van der Waals surface area contributed by atoms with Gasteiger partial charge in [0.25, 0.3) is 0 Å². The quantitative estimate of drug-likeness (QED) is 0.131. The molecule has 0 aliphatic carbocycles. The van der Waals surface area contributed by atoms with Crippen molar-refractivity contribution in [3.05, 3.63) is 0 Å². The van der Waals surface area contributed by atoms with E-state index < -0.39 is 61.3 Å². The van der Waals surface area contributed by atoms with Crippen molar-refractivity contribution in [2.75, 3.05) is 14.1 Å². The molecule has 218 valence electrons. The van der Waals surface area contributed by atoms with Crippen LogP contribution in [0.5, 0.6) is 0 Å². The van der Waals surface area contributed by atoms with Crippen LogP contribution >= 0.6 is 0 Å². The topological polar surface area (TPSA) is 12.5 Å². The zero-order valence-electron chi connectivity index (χ0n) is 20.0. The summed E-state index contributed by atoms with van der Waals surface area (Å²) < 4.78 is 209. The first-order chi connectivity index (χ1) is 15.3. The van der Waals surface area contributed by atoms with Gasteiger partial charge in [0.2, 0.25) is 0 Å². The molecule has 36 heavy (non-hydrogen) atoms. The molecule has 0 aromatic heterocycles. The third-order valence-corrected chi connectivity index (χ3v) is 10.4.